The molecule has 124 valence electrons. The second-order valence-electron chi connectivity index (χ2n) is 6.53. The van der Waals surface area contributed by atoms with Crippen LogP contribution in [0.1, 0.15) is 34.8 Å². The summed E-state index contributed by atoms with van der Waals surface area (Å²) in [6.45, 7) is 4.99. The summed E-state index contributed by atoms with van der Waals surface area (Å²) < 4.78 is 0. The highest BCUT2D eigenvalue weighted by Crippen LogP contribution is 2.29. The Morgan fingerprint density at radius 2 is 1.96 bits per heavy atom. The van der Waals surface area contributed by atoms with Crippen LogP contribution in [0.25, 0.3) is 0 Å². The summed E-state index contributed by atoms with van der Waals surface area (Å²) in [4.78, 5) is 15.6. The summed E-state index contributed by atoms with van der Waals surface area (Å²) in [5.74, 6) is 2.07. The molecule has 0 saturated heterocycles. The number of aryl methyl sites for hydroxylation is 2. The Kier molecular flexibility index (Phi) is 5.28. The van der Waals surface area contributed by atoms with E-state index in [2.05, 4.69) is 41.4 Å². The van der Waals surface area contributed by atoms with Crippen LogP contribution in [0.2, 0.25) is 0 Å². The van der Waals surface area contributed by atoms with Crippen molar-refractivity contribution in [2.45, 2.75) is 39.2 Å². The number of anilines is 1. The zero-order valence-corrected chi connectivity index (χ0v) is 15.2. The lowest BCUT2D eigenvalue weighted by Gasteiger charge is -2.29. The van der Waals surface area contributed by atoms with Crippen molar-refractivity contribution < 1.29 is 0 Å². The molecule has 0 spiro atoms. The van der Waals surface area contributed by atoms with Gasteiger partial charge in [0.1, 0.15) is 11.6 Å². The van der Waals surface area contributed by atoms with Crippen molar-refractivity contribution in [2.24, 2.45) is 0 Å². The summed E-state index contributed by atoms with van der Waals surface area (Å²) in [6, 6.07) is 4.35. The summed E-state index contributed by atoms with van der Waals surface area (Å²) in [7, 11) is 4.26. The molecular formula is C18H26N4S. The molecule has 4 nitrogen and oxygen atoms in total. The van der Waals surface area contributed by atoms with Gasteiger partial charge in [0.2, 0.25) is 0 Å². The number of hydrogen-bond acceptors (Lipinski definition) is 5. The third-order valence-electron chi connectivity index (χ3n) is 4.32. The first-order chi connectivity index (χ1) is 11.1. The van der Waals surface area contributed by atoms with Gasteiger partial charge in [0.25, 0.3) is 0 Å². The van der Waals surface area contributed by atoms with Gasteiger partial charge in [-0.25, -0.2) is 9.97 Å². The van der Waals surface area contributed by atoms with Gasteiger partial charge in [0, 0.05) is 29.2 Å². The molecule has 5 heteroatoms. The maximum Gasteiger partial charge on any atom is 0.136 e. The Labute approximate surface area is 143 Å². The summed E-state index contributed by atoms with van der Waals surface area (Å²) in [5, 5.41) is 2.15. The number of likely N-dealkylation sites (N-methyl/N-ethyl adjacent to an activating group) is 1. The molecule has 3 rings (SSSR count). The second-order valence-corrected chi connectivity index (χ2v) is 7.56. The summed E-state index contributed by atoms with van der Waals surface area (Å²) >= 11 is 1.82. The van der Waals surface area contributed by atoms with Crippen molar-refractivity contribution in [3.8, 4) is 0 Å². The largest absolute Gasteiger partial charge is 0.350 e. The van der Waals surface area contributed by atoms with Crippen molar-refractivity contribution in [1.82, 2.24) is 14.9 Å². The Morgan fingerprint density at radius 3 is 2.70 bits per heavy atom. The number of aromatic nitrogens is 2. The molecule has 0 saturated carbocycles. The third kappa shape index (κ3) is 4.09. The summed E-state index contributed by atoms with van der Waals surface area (Å²) in [6.07, 6.45) is 4.73. The first-order valence-corrected chi connectivity index (χ1v) is 9.30. The fraction of sp³-hybridized carbons (Fsp3) is 0.556. The fourth-order valence-electron chi connectivity index (χ4n) is 3.13. The van der Waals surface area contributed by atoms with E-state index < -0.39 is 0 Å². The average molecular weight is 331 g/mol. The zero-order chi connectivity index (χ0) is 16.2. The molecule has 0 amide bonds. The van der Waals surface area contributed by atoms with Crippen LogP contribution in [0.3, 0.4) is 0 Å². The van der Waals surface area contributed by atoms with E-state index in [1.807, 2.05) is 18.3 Å². The van der Waals surface area contributed by atoms with Crippen LogP contribution >= 0.6 is 11.3 Å². The first kappa shape index (κ1) is 16.4. The highest BCUT2D eigenvalue weighted by Gasteiger charge is 2.21. The van der Waals surface area contributed by atoms with Crippen LogP contribution in [0.15, 0.2) is 17.5 Å². The SMILES string of the molecule is Cc1nc2c(c(N(CCN(C)C)Cc3cccs3)n1)CCCC2. The van der Waals surface area contributed by atoms with Gasteiger partial charge in [-0.15, -0.1) is 11.3 Å². The van der Waals surface area contributed by atoms with Crippen molar-refractivity contribution in [1.29, 1.82) is 0 Å². The molecule has 0 fully saturated rings. The lowest BCUT2D eigenvalue weighted by atomic mass is 9.96. The van der Waals surface area contributed by atoms with Gasteiger partial charge in [0.15, 0.2) is 0 Å². The lowest BCUT2D eigenvalue weighted by molar-refractivity contribution is 0.412. The molecule has 0 aromatic carbocycles. The first-order valence-electron chi connectivity index (χ1n) is 8.42. The van der Waals surface area contributed by atoms with Gasteiger partial charge >= 0.3 is 0 Å². The minimum absolute atomic E-state index is 0.904. The van der Waals surface area contributed by atoms with E-state index in [1.165, 1.54) is 34.8 Å². The maximum absolute atomic E-state index is 4.85. The van der Waals surface area contributed by atoms with Crippen LogP contribution in [0.4, 0.5) is 5.82 Å². The van der Waals surface area contributed by atoms with Crippen LogP contribution in [-0.2, 0) is 19.4 Å². The molecular weight excluding hydrogens is 304 g/mol. The number of nitrogens with zero attached hydrogens (tertiary/aromatic N) is 4. The van der Waals surface area contributed by atoms with E-state index in [4.69, 9.17) is 9.97 Å². The second kappa shape index (κ2) is 7.41. The highest BCUT2D eigenvalue weighted by molar-refractivity contribution is 7.09. The number of hydrogen-bond donors (Lipinski definition) is 0. The molecule has 0 N–H and O–H groups in total. The van der Waals surface area contributed by atoms with Crippen molar-refractivity contribution in [3.05, 3.63) is 39.5 Å². The monoisotopic (exact) mass is 330 g/mol. The van der Waals surface area contributed by atoms with Gasteiger partial charge in [-0.05, 0) is 58.1 Å². The van der Waals surface area contributed by atoms with Crippen LogP contribution < -0.4 is 4.90 Å². The van der Waals surface area contributed by atoms with Crippen LogP contribution in [-0.4, -0.2) is 42.1 Å². The molecule has 0 aliphatic heterocycles. The lowest BCUT2D eigenvalue weighted by Crippen LogP contribution is -2.33. The third-order valence-corrected chi connectivity index (χ3v) is 5.18. The fourth-order valence-corrected chi connectivity index (χ4v) is 3.85. The maximum atomic E-state index is 4.85. The number of rotatable bonds is 6. The van der Waals surface area contributed by atoms with E-state index in [9.17, 15) is 0 Å². The predicted octanol–water partition coefficient (Wildman–Crippen LogP) is 3.29. The van der Waals surface area contributed by atoms with Gasteiger partial charge in [-0.2, -0.15) is 0 Å². The Balaban J connectivity index is 1.93. The smallest absolute Gasteiger partial charge is 0.136 e. The van der Waals surface area contributed by atoms with E-state index >= 15 is 0 Å². The molecule has 2 aromatic heterocycles. The quantitative estimate of drug-likeness (QED) is 0.813. The normalized spacial score (nSPS) is 14.1. The summed E-state index contributed by atoms with van der Waals surface area (Å²) in [5.41, 5.74) is 2.66. The average Bonchev–Trinajstić information content (AvgIpc) is 3.03. The number of fused-ring (bicyclic) bond motifs is 1. The molecule has 0 bridgehead atoms. The van der Waals surface area contributed by atoms with Gasteiger partial charge in [-0.3, -0.25) is 0 Å². The van der Waals surface area contributed by atoms with Gasteiger partial charge in [-0.1, -0.05) is 6.07 Å². The molecule has 23 heavy (non-hydrogen) atoms. The molecule has 2 heterocycles. The minimum atomic E-state index is 0.904. The van der Waals surface area contributed by atoms with Gasteiger partial charge < -0.3 is 9.80 Å². The minimum Gasteiger partial charge on any atom is -0.350 e. The highest BCUT2D eigenvalue weighted by atomic mass is 32.1. The van der Waals surface area contributed by atoms with Gasteiger partial charge in [0.05, 0.1) is 6.54 Å². The molecule has 1 aliphatic carbocycles. The molecule has 0 radical (unpaired) electrons. The number of thiophene rings is 1. The van der Waals surface area contributed by atoms with Crippen molar-refractivity contribution in [3.63, 3.8) is 0 Å². The Bertz CT molecular complexity index is 637. The van der Waals surface area contributed by atoms with E-state index in [-0.39, 0.29) is 0 Å². The van der Waals surface area contributed by atoms with Crippen molar-refractivity contribution >= 4 is 17.2 Å². The van der Waals surface area contributed by atoms with E-state index in [0.717, 1.165) is 38.3 Å². The van der Waals surface area contributed by atoms with Crippen molar-refractivity contribution in [2.75, 3.05) is 32.1 Å². The van der Waals surface area contributed by atoms with Crippen LogP contribution in [0, 0.1) is 6.92 Å². The standard InChI is InChI=1S/C18H26N4S/c1-14-19-17-9-5-4-8-16(17)18(20-14)22(11-10-21(2)3)13-15-7-6-12-23-15/h6-7,12H,4-5,8-11,13H2,1-3H3. The zero-order valence-electron chi connectivity index (χ0n) is 14.4. The molecule has 0 unspecified atom stereocenters. The Hall–Kier alpha value is -1.46. The van der Waals surface area contributed by atoms with E-state index in [1.54, 1.807) is 0 Å². The predicted molar refractivity (Wildman–Crippen MR) is 97.3 cm³/mol. The topological polar surface area (TPSA) is 32.3 Å². The van der Waals surface area contributed by atoms with E-state index in [0.29, 0.717) is 0 Å². The Morgan fingerprint density at radius 1 is 1.13 bits per heavy atom. The molecule has 0 atom stereocenters. The molecule has 2 aromatic rings. The van der Waals surface area contributed by atoms with Crippen LogP contribution in [0.5, 0.6) is 0 Å². The molecule has 1 aliphatic rings.